The number of benzene rings is 1. The van der Waals surface area contributed by atoms with E-state index in [4.69, 9.17) is 0 Å². The first-order valence-electron chi connectivity index (χ1n) is 4.81. The summed E-state index contributed by atoms with van der Waals surface area (Å²) in [5.74, 6) is 0. The highest BCUT2D eigenvalue weighted by atomic mass is 79.9. The van der Waals surface area contributed by atoms with Crippen LogP contribution in [0.25, 0.3) is 0 Å². The van der Waals surface area contributed by atoms with Gasteiger partial charge >= 0.3 is 0 Å². The lowest BCUT2D eigenvalue weighted by molar-refractivity contribution is -0.746. The number of H-pyrrole nitrogens is 1. The molecule has 0 radical (unpaired) electrons. The fourth-order valence-electron chi connectivity index (χ4n) is 1.63. The summed E-state index contributed by atoms with van der Waals surface area (Å²) in [5, 5.41) is 0. The van der Waals surface area contributed by atoms with Crippen LogP contribution in [0.3, 0.4) is 0 Å². The van der Waals surface area contributed by atoms with Crippen molar-refractivity contribution >= 4 is 0 Å². The zero-order valence-electron chi connectivity index (χ0n) is 8.94. The van der Waals surface area contributed by atoms with Crippen molar-refractivity contribution in [1.29, 1.82) is 0 Å². The van der Waals surface area contributed by atoms with Crippen molar-refractivity contribution in [2.75, 3.05) is 0 Å². The Morgan fingerprint density at radius 1 is 1.13 bits per heavy atom. The van der Waals surface area contributed by atoms with Gasteiger partial charge in [0.2, 0.25) is 6.33 Å². The summed E-state index contributed by atoms with van der Waals surface area (Å²) in [5.41, 5.74) is 1.31. The third-order valence-corrected chi connectivity index (χ3v) is 2.67. The summed E-state index contributed by atoms with van der Waals surface area (Å²) < 4.78 is 2.17. The molecule has 1 aromatic heterocycles. The number of aromatic nitrogens is 2. The van der Waals surface area contributed by atoms with E-state index in [1.54, 1.807) is 0 Å². The molecule has 0 saturated heterocycles. The number of aromatic amines is 1. The van der Waals surface area contributed by atoms with E-state index in [0.717, 1.165) is 0 Å². The third-order valence-electron chi connectivity index (χ3n) is 2.67. The fourth-order valence-corrected chi connectivity index (χ4v) is 1.63. The van der Waals surface area contributed by atoms with Crippen molar-refractivity contribution in [2.24, 2.45) is 0 Å². The maximum Gasteiger partial charge on any atom is 0.242 e. The smallest absolute Gasteiger partial charge is 0.242 e. The van der Waals surface area contributed by atoms with Crippen LogP contribution < -0.4 is 21.5 Å². The van der Waals surface area contributed by atoms with Crippen molar-refractivity contribution in [1.82, 2.24) is 4.98 Å². The van der Waals surface area contributed by atoms with Gasteiger partial charge in [0.05, 0.1) is 0 Å². The highest BCUT2D eigenvalue weighted by molar-refractivity contribution is 5.20. The maximum absolute atomic E-state index is 3.07. The molecule has 3 heteroatoms. The van der Waals surface area contributed by atoms with Crippen molar-refractivity contribution in [3.05, 3.63) is 54.6 Å². The van der Waals surface area contributed by atoms with Gasteiger partial charge in [0.1, 0.15) is 17.9 Å². The van der Waals surface area contributed by atoms with Crippen LogP contribution in [-0.4, -0.2) is 4.98 Å². The van der Waals surface area contributed by atoms with Crippen LogP contribution in [0.5, 0.6) is 0 Å². The highest BCUT2D eigenvalue weighted by Crippen LogP contribution is 2.18. The van der Waals surface area contributed by atoms with Crippen LogP contribution in [0, 0.1) is 0 Å². The van der Waals surface area contributed by atoms with Crippen LogP contribution in [0.4, 0.5) is 0 Å². The Balaban J connectivity index is 0.00000112. The summed E-state index contributed by atoms with van der Waals surface area (Å²) in [6.07, 6.45) is 5.96. The molecular formula is C12H15BrN2. The molecule has 0 amide bonds. The van der Waals surface area contributed by atoms with Crippen molar-refractivity contribution in [3.63, 3.8) is 0 Å². The number of nitrogens with one attached hydrogen (secondary N) is 1. The monoisotopic (exact) mass is 266 g/mol. The number of halogens is 1. The summed E-state index contributed by atoms with van der Waals surface area (Å²) in [4.78, 5) is 3.07. The SMILES string of the molecule is CC(C)(c1ccccc1)[n+]1cc[nH]c1.[Br-]. The molecule has 1 aromatic carbocycles. The molecule has 1 N–H and O–H groups in total. The molecule has 0 aliphatic heterocycles. The average molecular weight is 267 g/mol. The number of rotatable bonds is 2. The topological polar surface area (TPSA) is 19.7 Å². The first-order chi connectivity index (χ1) is 6.71. The molecule has 80 valence electrons. The van der Waals surface area contributed by atoms with Crippen molar-refractivity contribution in [3.8, 4) is 0 Å². The van der Waals surface area contributed by atoms with Crippen molar-refractivity contribution in [2.45, 2.75) is 19.4 Å². The number of hydrogen-bond acceptors (Lipinski definition) is 0. The maximum atomic E-state index is 3.07. The Kier molecular flexibility index (Phi) is 3.69. The second kappa shape index (κ2) is 4.62. The molecule has 0 bridgehead atoms. The van der Waals surface area contributed by atoms with Gasteiger partial charge in [0, 0.05) is 0 Å². The Labute approximate surface area is 101 Å². The van der Waals surface area contributed by atoms with E-state index in [9.17, 15) is 0 Å². The summed E-state index contributed by atoms with van der Waals surface area (Å²) >= 11 is 0. The molecule has 0 aliphatic carbocycles. The Morgan fingerprint density at radius 3 is 2.33 bits per heavy atom. The minimum atomic E-state index is 0. The van der Waals surface area contributed by atoms with E-state index in [2.05, 4.69) is 47.7 Å². The average Bonchev–Trinajstić information content (AvgIpc) is 2.72. The number of nitrogens with zero attached hydrogens (tertiary/aromatic N) is 1. The van der Waals surface area contributed by atoms with E-state index in [-0.39, 0.29) is 22.5 Å². The Bertz CT molecular complexity index is 393. The Morgan fingerprint density at radius 2 is 1.80 bits per heavy atom. The minimum absolute atomic E-state index is 0. The first-order valence-corrected chi connectivity index (χ1v) is 4.81. The fraction of sp³-hybridized carbons (Fsp3) is 0.250. The molecule has 15 heavy (non-hydrogen) atoms. The summed E-state index contributed by atoms with van der Waals surface area (Å²) in [7, 11) is 0. The van der Waals surface area contributed by atoms with Crippen LogP contribution in [-0.2, 0) is 5.54 Å². The van der Waals surface area contributed by atoms with Gasteiger partial charge in [-0.15, -0.1) is 0 Å². The number of hydrogen-bond donors (Lipinski definition) is 1. The zero-order valence-corrected chi connectivity index (χ0v) is 10.5. The molecule has 0 aliphatic rings. The van der Waals surface area contributed by atoms with Gasteiger partial charge < -0.3 is 17.0 Å². The van der Waals surface area contributed by atoms with E-state index < -0.39 is 0 Å². The number of imidazole rings is 1. The van der Waals surface area contributed by atoms with Crippen LogP contribution >= 0.6 is 0 Å². The summed E-state index contributed by atoms with van der Waals surface area (Å²) in [6, 6.07) is 10.5. The van der Waals surface area contributed by atoms with Gasteiger partial charge in [-0.3, -0.25) is 4.98 Å². The first kappa shape index (κ1) is 12.0. The molecule has 0 spiro atoms. The van der Waals surface area contributed by atoms with E-state index >= 15 is 0 Å². The van der Waals surface area contributed by atoms with Gasteiger partial charge in [0.15, 0.2) is 0 Å². The molecule has 0 atom stereocenters. The molecule has 2 rings (SSSR count). The van der Waals surface area contributed by atoms with Gasteiger partial charge in [-0.05, 0) is 19.4 Å². The second-order valence-electron chi connectivity index (χ2n) is 3.94. The van der Waals surface area contributed by atoms with Crippen molar-refractivity contribution < 1.29 is 21.5 Å². The molecule has 0 fully saturated rings. The van der Waals surface area contributed by atoms with Gasteiger partial charge in [-0.2, -0.15) is 0 Å². The van der Waals surface area contributed by atoms with Gasteiger partial charge in [-0.25, -0.2) is 4.57 Å². The Hall–Kier alpha value is -1.09. The van der Waals surface area contributed by atoms with Crippen LogP contribution in [0.2, 0.25) is 0 Å². The molecule has 1 heterocycles. The van der Waals surface area contributed by atoms with Gasteiger partial charge in [-0.1, -0.05) is 30.3 Å². The molecule has 2 aromatic rings. The largest absolute Gasteiger partial charge is 1.00 e. The van der Waals surface area contributed by atoms with E-state index in [0.29, 0.717) is 0 Å². The predicted molar refractivity (Wildman–Crippen MR) is 55.9 cm³/mol. The van der Waals surface area contributed by atoms with E-state index in [1.807, 2.05) is 24.8 Å². The molecule has 0 unspecified atom stereocenters. The molecule has 2 nitrogen and oxygen atoms in total. The van der Waals surface area contributed by atoms with Gasteiger partial charge in [0.25, 0.3) is 0 Å². The van der Waals surface area contributed by atoms with Crippen LogP contribution in [0.15, 0.2) is 49.1 Å². The molecular weight excluding hydrogens is 252 g/mol. The summed E-state index contributed by atoms with van der Waals surface area (Å²) in [6.45, 7) is 4.41. The zero-order chi connectivity index (χ0) is 10.0. The predicted octanol–water partition coefficient (Wildman–Crippen LogP) is -0.910. The van der Waals surface area contributed by atoms with E-state index in [1.165, 1.54) is 5.56 Å². The van der Waals surface area contributed by atoms with Crippen LogP contribution in [0.1, 0.15) is 19.4 Å². The lowest BCUT2D eigenvalue weighted by Crippen LogP contribution is -3.00. The minimum Gasteiger partial charge on any atom is -1.00 e. The quantitative estimate of drug-likeness (QED) is 0.680. The highest BCUT2D eigenvalue weighted by Gasteiger charge is 2.26. The normalized spacial score (nSPS) is 10.8. The molecule has 0 saturated carbocycles. The third kappa shape index (κ3) is 2.29. The second-order valence-corrected chi connectivity index (χ2v) is 3.94. The standard InChI is InChI=1S/C12H14N2.BrH/c1-12(2,14-9-8-13-10-14)11-6-4-3-5-7-11;/h3-10H,1-2H3;1H. The lowest BCUT2D eigenvalue weighted by Gasteiger charge is -2.21. The lowest BCUT2D eigenvalue weighted by atomic mass is 9.94.